The molecule has 0 saturated heterocycles. The van der Waals surface area contributed by atoms with Gasteiger partial charge in [-0.15, -0.1) is 0 Å². The minimum Gasteiger partial charge on any atom is -0.278 e. The summed E-state index contributed by atoms with van der Waals surface area (Å²) in [6.45, 7) is 2.17. The van der Waals surface area contributed by atoms with Crippen LogP contribution in [0.25, 0.3) is 0 Å². The molecule has 0 radical (unpaired) electrons. The minimum absolute atomic E-state index is 0.173. The van der Waals surface area contributed by atoms with E-state index in [9.17, 15) is 8.42 Å². The van der Waals surface area contributed by atoms with Crippen LogP contribution in [-0.4, -0.2) is 8.42 Å². The first kappa shape index (κ1) is 20.4. The molecule has 0 saturated carbocycles. The molecular weight excluding hydrogens is 401 g/mol. The monoisotopic (exact) mass is 419 g/mol. The second kappa shape index (κ2) is 9.13. The molecule has 0 aliphatic carbocycles. The third-order valence-electron chi connectivity index (χ3n) is 3.81. The van der Waals surface area contributed by atoms with Crippen molar-refractivity contribution in [3.8, 4) is 0 Å². The van der Waals surface area contributed by atoms with Crippen molar-refractivity contribution in [1.29, 1.82) is 0 Å². The van der Waals surface area contributed by atoms with E-state index in [0.717, 1.165) is 18.4 Å². The molecule has 2 aromatic rings. The van der Waals surface area contributed by atoms with E-state index in [4.69, 9.17) is 34.8 Å². The van der Waals surface area contributed by atoms with E-state index in [1.54, 1.807) is 12.1 Å². The first-order valence-corrected chi connectivity index (χ1v) is 10.7. The molecule has 2 rings (SSSR count). The van der Waals surface area contributed by atoms with Crippen molar-refractivity contribution < 1.29 is 8.42 Å². The van der Waals surface area contributed by atoms with E-state index in [1.807, 2.05) is 12.1 Å². The van der Waals surface area contributed by atoms with E-state index < -0.39 is 10.0 Å². The number of benzene rings is 2. The first-order valence-electron chi connectivity index (χ1n) is 8.10. The van der Waals surface area contributed by atoms with E-state index in [-0.39, 0.29) is 25.7 Å². The van der Waals surface area contributed by atoms with Gasteiger partial charge in [0.2, 0.25) is 0 Å². The van der Waals surface area contributed by atoms with Crippen molar-refractivity contribution in [3.63, 3.8) is 0 Å². The molecular formula is C18H20Cl3NO2S. The molecule has 0 bridgehead atoms. The lowest BCUT2D eigenvalue weighted by molar-refractivity contribution is 0.601. The standard InChI is InChI=1S/C18H20Cl3NO2S/c1-2-3-4-5-6-13-7-9-14(10-8-13)25(23,24)22-18-12-16(20)15(19)11-17(18)21/h7-12,22H,2-6H2,1H3. The minimum atomic E-state index is -3.75. The van der Waals surface area contributed by atoms with Crippen LogP contribution < -0.4 is 4.72 Å². The maximum Gasteiger partial charge on any atom is 0.261 e. The molecule has 0 amide bonds. The predicted molar refractivity (Wildman–Crippen MR) is 107 cm³/mol. The average Bonchev–Trinajstić information content (AvgIpc) is 2.57. The lowest BCUT2D eigenvalue weighted by Crippen LogP contribution is -2.13. The maximum atomic E-state index is 12.5. The fourth-order valence-corrected chi connectivity index (χ4v) is 4.12. The Labute approximate surface area is 164 Å². The predicted octanol–water partition coefficient (Wildman–Crippen LogP) is 6.57. The third-order valence-corrected chi connectivity index (χ3v) is 6.22. The summed E-state index contributed by atoms with van der Waals surface area (Å²) in [5, 5.41) is 0.679. The van der Waals surface area contributed by atoms with Gasteiger partial charge >= 0.3 is 0 Å². The van der Waals surface area contributed by atoms with Crippen molar-refractivity contribution >= 4 is 50.5 Å². The van der Waals surface area contributed by atoms with Crippen LogP contribution in [0.1, 0.15) is 38.2 Å². The molecule has 2 aromatic carbocycles. The Morgan fingerprint density at radius 1 is 0.880 bits per heavy atom. The lowest BCUT2D eigenvalue weighted by Gasteiger charge is -2.11. The molecule has 25 heavy (non-hydrogen) atoms. The quantitative estimate of drug-likeness (QED) is 0.388. The van der Waals surface area contributed by atoms with Gasteiger partial charge in [-0.25, -0.2) is 8.42 Å². The molecule has 0 aliphatic heterocycles. The van der Waals surface area contributed by atoms with Crippen LogP contribution in [0, 0.1) is 0 Å². The Morgan fingerprint density at radius 2 is 1.52 bits per heavy atom. The van der Waals surface area contributed by atoms with Crippen LogP contribution in [0.15, 0.2) is 41.3 Å². The van der Waals surface area contributed by atoms with E-state index in [0.29, 0.717) is 0 Å². The maximum absolute atomic E-state index is 12.5. The molecule has 3 nitrogen and oxygen atoms in total. The number of halogens is 3. The summed E-state index contributed by atoms with van der Waals surface area (Å²) in [7, 11) is -3.75. The number of rotatable bonds is 8. The van der Waals surface area contributed by atoms with Crippen LogP contribution in [-0.2, 0) is 16.4 Å². The molecule has 0 spiro atoms. The first-order chi connectivity index (χ1) is 11.8. The highest BCUT2D eigenvalue weighted by atomic mass is 35.5. The molecule has 1 N–H and O–H groups in total. The molecule has 0 heterocycles. The average molecular weight is 421 g/mol. The zero-order valence-corrected chi connectivity index (χ0v) is 16.9. The Morgan fingerprint density at radius 3 is 2.16 bits per heavy atom. The van der Waals surface area contributed by atoms with E-state index in [2.05, 4.69) is 11.6 Å². The highest BCUT2D eigenvalue weighted by Crippen LogP contribution is 2.33. The molecule has 0 aliphatic rings. The summed E-state index contributed by atoms with van der Waals surface area (Å²) in [5.74, 6) is 0. The molecule has 0 aromatic heterocycles. The van der Waals surface area contributed by atoms with Gasteiger partial charge in [0.15, 0.2) is 0 Å². The lowest BCUT2D eigenvalue weighted by atomic mass is 10.1. The fraction of sp³-hybridized carbons (Fsp3) is 0.333. The van der Waals surface area contributed by atoms with E-state index >= 15 is 0 Å². The smallest absolute Gasteiger partial charge is 0.261 e. The van der Waals surface area contributed by atoms with Crippen molar-refractivity contribution in [1.82, 2.24) is 0 Å². The van der Waals surface area contributed by atoms with Crippen LogP contribution in [0.3, 0.4) is 0 Å². The van der Waals surface area contributed by atoms with Gasteiger partial charge in [-0.05, 0) is 42.7 Å². The highest BCUT2D eigenvalue weighted by Gasteiger charge is 2.17. The summed E-state index contributed by atoms with van der Waals surface area (Å²) in [4.78, 5) is 0.173. The number of anilines is 1. The molecule has 0 fully saturated rings. The number of hydrogen-bond acceptors (Lipinski definition) is 2. The van der Waals surface area contributed by atoms with Gasteiger partial charge in [-0.3, -0.25) is 4.72 Å². The van der Waals surface area contributed by atoms with Gasteiger partial charge in [0.1, 0.15) is 0 Å². The van der Waals surface area contributed by atoms with Gasteiger partial charge in [0, 0.05) is 0 Å². The van der Waals surface area contributed by atoms with Crippen molar-refractivity contribution in [3.05, 3.63) is 57.0 Å². The molecule has 0 atom stereocenters. The largest absolute Gasteiger partial charge is 0.278 e. The zero-order chi connectivity index (χ0) is 18.4. The summed E-state index contributed by atoms with van der Waals surface area (Å²) < 4.78 is 27.5. The van der Waals surface area contributed by atoms with Gasteiger partial charge in [0.05, 0.1) is 25.7 Å². The van der Waals surface area contributed by atoms with Gasteiger partial charge in [0.25, 0.3) is 10.0 Å². The molecule has 0 unspecified atom stereocenters. The number of nitrogens with one attached hydrogen (secondary N) is 1. The van der Waals surface area contributed by atoms with Crippen molar-refractivity contribution in [2.45, 2.75) is 43.9 Å². The summed E-state index contributed by atoms with van der Waals surface area (Å²) >= 11 is 17.8. The number of unbranched alkanes of at least 4 members (excludes halogenated alkanes) is 3. The van der Waals surface area contributed by atoms with Gasteiger partial charge < -0.3 is 0 Å². The van der Waals surface area contributed by atoms with Gasteiger partial charge in [-0.1, -0.05) is 73.1 Å². The summed E-state index contributed by atoms with van der Waals surface area (Å²) in [6.07, 6.45) is 5.66. The molecule has 136 valence electrons. The topological polar surface area (TPSA) is 46.2 Å². The Kier molecular flexibility index (Phi) is 7.44. The number of hydrogen-bond donors (Lipinski definition) is 1. The van der Waals surface area contributed by atoms with Crippen LogP contribution in [0.2, 0.25) is 15.1 Å². The number of aryl methyl sites for hydroxylation is 1. The summed E-state index contributed by atoms with van der Waals surface area (Å²) in [6, 6.07) is 9.69. The van der Waals surface area contributed by atoms with Gasteiger partial charge in [-0.2, -0.15) is 0 Å². The van der Waals surface area contributed by atoms with Crippen LogP contribution in [0.5, 0.6) is 0 Å². The second-order valence-electron chi connectivity index (χ2n) is 5.81. The Balaban J connectivity index is 2.10. The third kappa shape index (κ3) is 5.78. The fourth-order valence-electron chi connectivity index (χ4n) is 2.40. The zero-order valence-electron chi connectivity index (χ0n) is 13.9. The highest BCUT2D eigenvalue weighted by molar-refractivity contribution is 7.92. The number of sulfonamides is 1. The normalized spacial score (nSPS) is 11.5. The van der Waals surface area contributed by atoms with E-state index in [1.165, 1.54) is 31.4 Å². The second-order valence-corrected chi connectivity index (χ2v) is 8.71. The van der Waals surface area contributed by atoms with Crippen LogP contribution >= 0.6 is 34.8 Å². The van der Waals surface area contributed by atoms with Crippen molar-refractivity contribution in [2.75, 3.05) is 4.72 Å². The Hall–Kier alpha value is -0.940. The SMILES string of the molecule is CCCCCCc1ccc(S(=O)(=O)Nc2cc(Cl)c(Cl)cc2Cl)cc1. The van der Waals surface area contributed by atoms with Crippen molar-refractivity contribution in [2.24, 2.45) is 0 Å². The molecule has 7 heteroatoms. The Bertz CT molecular complexity index is 821. The summed E-state index contributed by atoms with van der Waals surface area (Å²) in [5.41, 5.74) is 1.32. The van der Waals surface area contributed by atoms with Crippen LogP contribution in [0.4, 0.5) is 5.69 Å².